The lowest BCUT2D eigenvalue weighted by Gasteiger charge is -2.22. The van der Waals surface area contributed by atoms with E-state index in [2.05, 4.69) is 11.4 Å². The van der Waals surface area contributed by atoms with Crippen LogP contribution < -0.4 is 5.32 Å². The first kappa shape index (κ1) is 12.7. The lowest BCUT2D eigenvalue weighted by Crippen LogP contribution is -2.37. The van der Waals surface area contributed by atoms with Crippen LogP contribution in [0.5, 0.6) is 0 Å². The van der Waals surface area contributed by atoms with E-state index in [0.29, 0.717) is 5.56 Å². The van der Waals surface area contributed by atoms with Gasteiger partial charge in [-0.05, 0) is 38.5 Å². The van der Waals surface area contributed by atoms with E-state index >= 15 is 0 Å². The van der Waals surface area contributed by atoms with Gasteiger partial charge in [-0.15, -0.1) is 0 Å². The van der Waals surface area contributed by atoms with Crippen molar-refractivity contribution in [2.24, 2.45) is 0 Å². The van der Waals surface area contributed by atoms with E-state index < -0.39 is 0 Å². The summed E-state index contributed by atoms with van der Waals surface area (Å²) in [5.41, 5.74) is 1.78. The molecule has 1 rings (SSSR count). The van der Waals surface area contributed by atoms with Gasteiger partial charge in [-0.3, -0.25) is 0 Å². The second-order valence-electron chi connectivity index (χ2n) is 4.15. The van der Waals surface area contributed by atoms with Gasteiger partial charge in [0.15, 0.2) is 0 Å². The molecule has 2 N–H and O–H groups in total. The summed E-state index contributed by atoms with van der Waals surface area (Å²) in [7, 11) is 0. The van der Waals surface area contributed by atoms with E-state index in [1.807, 2.05) is 26.0 Å². The highest BCUT2D eigenvalue weighted by Crippen LogP contribution is 2.14. The van der Waals surface area contributed by atoms with Crippen LogP contribution in [0.1, 0.15) is 37.9 Å². The van der Waals surface area contributed by atoms with Gasteiger partial charge in [0, 0.05) is 12.1 Å². The van der Waals surface area contributed by atoms with Crippen LogP contribution >= 0.6 is 0 Å². The molecule has 3 atom stereocenters. The highest BCUT2D eigenvalue weighted by Gasteiger charge is 2.12. The summed E-state index contributed by atoms with van der Waals surface area (Å²) in [6.45, 7) is 5.76. The van der Waals surface area contributed by atoms with Crippen molar-refractivity contribution in [3.05, 3.63) is 35.4 Å². The average Bonchev–Trinajstić information content (AvgIpc) is 2.28. The number of rotatable bonds is 4. The van der Waals surface area contributed by atoms with E-state index in [9.17, 15) is 5.11 Å². The lowest BCUT2D eigenvalue weighted by molar-refractivity contribution is 0.147. The summed E-state index contributed by atoms with van der Waals surface area (Å²) in [4.78, 5) is 0. The highest BCUT2D eigenvalue weighted by atomic mass is 16.3. The summed E-state index contributed by atoms with van der Waals surface area (Å²) >= 11 is 0. The number of aliphatic hydroxyl groups excluding tert-OH is 1. The minimum absolute atomic E-state index is 0.0469. The van der Waals surface area contributed by atoms with Crippen molar-refractivity contribution in [2.75, 3.05) is 0 Å². The van der Waals surface area contributed by atoms with E-state index in [-0.39, 0.29) is 18.2 Å². The largest absolute Gasteiger partial charge is 0.392 e. The molecule has 0 spiro atoms. The third kappa shape index (κ3) is 3.34. The van der Waals surface area contributed by atoms with Crippen LogP contribution in [-0.2, 0) is 0 Å². The van der Waals surface area contributed by atoms with Crippen LogP contribution in [0.3, 0.4) is 0 Å². The second-order valence-corrected chi connectivity index (χ2v) is 4.15. The van der Waals surface area contributed by atoms with Crippen molar-refractivity contribution in [1.29, 1.82) is 5.26 Å². The van der Waals surface area contributed by atoms with Gasteiger partial charge >= 0.3 is 0 Å². The molecule has 0 fully saturated rings. The fourth-order valence-electron chi connectivity index (χ4n) is 1.48. The Kier molecular flexibility index (Phi) is 4.48. The van der Waals surface area contributed by atoms with Gasteiger partial charge in [-0.25, -0.2) is 0 Å². The van der Waals surface area contributed by atoms with Crippen LogP contribution in [-0.4, -0.2) is 17.3 Å². The molecule has 0 amide bonds. The van der Waals surface area contributed by atoms with E-state index in [0.717, 1.165) is 5.56 Å². The van der Waals surface area contributed by atoms with Crippen molar-refractivity contribution in [2.45, 2.75) is 39.0 Å². The Labute approximate surface area is 96.7 Å². The Bertz CT molecular complexity index is 365. The van der Waals surface area contributed by atoms with Crippen LogP contribution in [0, 0.1) is 11.3 Å². The summed E-state index contributed by atoms with van der Waals surface area (Å²) in [5, 5.41) is 21.4. The maximum Gasteiger partial charge on any atom is 0.0991 e. The van der Waals surface area contributed by atoms with E-state index in [1.54, 1.807) is 19.1 Å². The minimum atomic E-state index is -0.374. The minimum Gasteiger partial charge on any atom is -0.392 e. The van der Waals surface area contributed by atoms with Crippen molar-refractivity contribution >= 4 is 0 Å². The quantitative estimate of drug-likeness (QED) is 0.812. The number of nitriles is 1. The first-order chi connectivity index (χ1) is 7.54. The van der Waals surface area contributed by atoms with Gasteiger partial charge in [-0.1, -0.05) is 12.1 Å². The Morgan fingerprint density at radius 2 is 1.75 bits per heavy atom. The van der Waals surface area contributed by atoms with Crippen molar-refractivity contribution < 1.29 is 5.11 Å². The number of hydrogen-bond donors (Lipinski definition) is 2. The number of aliphatic hydroxyl groups is 1. The Morgan fingerprint density at radius 3 is 2.19 bits per heavy atom. The van der Waals surface area contributed by atoms with Gasteiger partial charge in [0.05, 0.1) is 17.7 Å². The normalized spacial score (nSPS) is 16.2. The molecule has 0 saturated heterocycles. The molecular weight excluding hydrogens is 200 g/mol. The summed E-state index contributed by atoms with van der Waals surface area (Å²) in [5.74, 6) is 0. The van der Waals surface area contributed by atoms with Gasteiger partial charge in [0.25, 0.3) is 0 Å². The molecule has 1 aromatic rings. The third-order valence-electron chi connectivity index (χ3n) is 2.78. The maximum atomic E-state index is 9.39. The Hall–Kier alpha value is -1.37. The van der Waals surface area contributed by atoms with E-state index in [4.69, 9.17) is 5.26 Å². The SMILES string of the molecule is CC(NC(C)C(C)O)c1ccc(C#N)cc1. The standard InChI is InChI=1S/C13H18N2O/c1-9(11(3)16)15-10(2)13-6-4-12(8-14)5-7-13/h4-7,9-11,15-16H,1-3H3. The van der Waals surface area contributed by atoms with Crippen molar-refractivity contribution in [3.8, 4) is 6.07 Å². The van der Waals surface area contributed by atoms with Gasteiger partial charge in [-0.2, -0.15) is 5.26 Å². The molecule has 1 aromatic carbocycles. The molecule has 0 aliphatic heterocycles. The molecule has 0 aliphatic carbocycles. The van der Waals surface area contributed by atoms with Crippen molar-refractivity contribution in [1.82, 2.24) is 5.32 Å². The zero-order valence-corrected chi connectivity index (χ0v) is 9.94. The summed E-state index contributed by atoms with van der Waals surface area (Å²) < 4.78 is 0. The van der Waals surface area contributed by atoms with E-state index in [1.165, 1.54) is 0 Å². The van der Waals surface area contributed by atoms with Crippen LogP contribution in [0.2, 0.25) is 0 Å². The molecule has 3 heteroatoms. The molecule has 16 heavy (non-hydrogen) atoms. The average molecular weight is 218 g/mol. The summed E-state index contributed by atoms with van der Waals surface area (Å²) in [6.07, 6.45) is -0.374. The Morgan fingerprint density at radius 1 is 1.19 bits per heavy atom. The highest BCUT2D eigenvalue weighted by molar-refractivity contribution is 5.32. The molecule has 0 radical (unpaired) electrons. The van der Waals surface area contributed by atoms with Crippen LogP contribution in [0.15, 0.2) is 24.3 Å². The van der Waals surface area contributed by atoms with Gasteiger partial charge < -0.3 is 10.4 Å². The number of benzene rings is 1. The zero-order chi connectivity index (χ0) is 12.1. The van der Waals surface area contributed by atoms with Crippen LogP contribution in [0.4, 0.5) is 0 Å². The van der Waals surface area contributed by atoms with Gasteiger partial charge in [0.2, 0.25) is 0 Å². The van der Waals surface area contributed by atoms with Gasteiger partial charge in [0.1, 0.15) is 0 Å². The molecule has 0 aliphatic rings. The zero-order valence-electron chi connectivity index (χ0n) is 9.94. The second kappa shape index (κ2) is 5.64. The smallest absolute Gasteiger partial charge is 0.0991 e. The monoisotopic (exact) mass is 218 g/mol. The predicted molar refractivity (Wildman–Crippen MR) is 63.9 cm³/mol. The maximum absolute atomic E-state index is 9.39. The first-order valence-corrected chi connectivity index (χ1v) is 5.48. The topological polar surface area (TPSA) is 56.0 Å². The fraction of sp³-hybridized carbons (Fsp3) is 0.462. The fourth-order valence-corrected chi connectivity index (χ4v) is 1.48. The molecule has 0 saturated carbocycles. The molecule has 3 unspecified atom stereocenters. The first-order valence-electron chi connectivity index (χ1n) is 5.48. The lowest BCUT2D eigenvalue weighted by atomic mass is 10.0. The number of nitrogens with one attached hydrogen (secondary N) is 1. The molecular formula is C13H18N2O. The number of hydrogen-bond acceptors (Lipinski definition) is 3. The molecule has 0 aromatic heterocycles. The molecule has 0 heterocycles. The van der Waals surface area contributed by atoms with Crippen molar-refractivity contribution in [3.63, 3.8) is 0 Å². The predicted octanol–water partition coefficient (Wildman–Crippen LogP) is 1.98. The number of nitrogens with zero attached hydrogens (tertiary/aromatic N) is 1. The third-order valence-corrected chi connectivity index (χ3v) is 2.78. The van der Waals surface area contributed by atoms with Crippen LogP contribution in [0.25, 0.3) is 0 Å². The summed E-state index contributed by atoms with van der Waals surface area (Å²) in [6, 6.07) is 9.79. The molecule has 3 nitrogen and oxygen atoms in total. The molecule has 0 bridgehead atoms. The Balaban J connectivity index is 2.66. The molecule has 86 valence electrons.